The molecular weight excluding hydrogens is 500 g/mol. The molecule has 6 heteroatoms. The normalized spacial score (nSPS) is 12.4. The molecule has 0 spiro atoms. The summed E-state index contributed by atoms with van der Waals surface area (Å²) in [6, 6.07) is 26.9. The maximum Gasteiger partial charge on any atom is 0.262 e. The molecule has 2 amide bonds. The SMILES string of the molecule is CCC(C)c1ccccc1OCC(=O)Nc1cccc2c(NC(=O)COc3ccccc3C(C)CC)cccc12. The van der Waals surface area contributed by atoms with Crippen molar-refractivity contribution in [1.29, 1.82) is 0 Å². The number of amides is 2. The first-order valence-corrected chi connectivity index (χ1v) is 14.0. The molecule has 0 heterocycles. The minimum absolute atomic E-state index is 0.101. The highest BCUT2D eigenvalue weighted by Crippen LogP contribution is 2.31. The molecule has 4 aromatic rings. The Morgan fingerprint density at radius 1 is 0.600 bits per heavy atom. The fraction of sp³-hybridized carbons (Fsp3) is 0.294. The van der Waals surface area contributed by atoms with Crippen molar-refractivity contribution in [1.82, 2.24) is 0 Å². The summed E-state index contributed by atoms with van der Waals surface area (Å²) in [5.74, 6) is 1.62. The van der Waals surface area contributed by atoms with Crippen LogP contribution in [0.4, 0.5) is 11.4 Å². The number of carbonyl (C=O) groups is 2. The van der Waals surface area contributed by atoms with Crippen LogP contribution in [0.2, 0.25) is 0 Å². The third kappa shape index (κ3) is 7.00. The monoisotopic (exact) mass is 538 g/mol. The van der Waals surface area contributed by atoms with Crippen LogP contribution in [0, 0.1) is 0 Å². The van der Waals surface area contributed by atoms with E-state index < -0.39 is 0 Å². The number of rotatable bonds is 12. The van der Waals surface area contributed by atoms with Crippen LogP contribution in [0.15, 0.2) is 84.9 Å². The van der Waals surface area contributed by atoms with Gasteiger partial charge in [0, 0.05) is 22.1 Å². The van der Waals surface area contributed by atoms with Crippen molar-refractivity contribution in [3.05, 3.63) is 96.1 Å². The Morgan fingerprint density at radius 3 is 1.40 bits per heavy atom. The highest BCUT2D eigenvalue weighted by atomic mass is 16.5. The highest BCUT2D eigenvalue weighted by molar-refractivity contribution is 6.09. The van der Waals surface area contributed by atoms with E-state index in [1.807, 2.05) is 84.9 Å². The van der Waals surface area contributed by atoms with Gasteiger partial charge in [0.2, 0.25) is 0 Å². The molecular formula is C34H38N2O4. The largest absolute Gasteiger partial charge is 0.483 e. The van der Waals surface area contributed by atoms with Gasteiger partial charge in [-0.2, -0.15) is 0 Å². The molecule has 4 rings (SSSR count). The lowest BCUT2D eigenvalue weighted by Gasteiger charge is -2.17. The van der Waals surface area contributed by atoms with Crippen LogP contribution >= 0.6 is 0 Å². The number of para-hydroxylation sites is 2. The van der Waals surface area contributed by atoms with E-state index in [0.717, 1.165) is 46.2 Å². The molecule has 6 nitrogen and oxygen atoms in total. The molecule has 0 bridgehead atoms. The van der Waals surface area contributed by atoms with E-state index in [1.165, 1.54) is 0 Å². The predicted molar refractivity (Wildman–Crippen MR) is 162 cm³/mol. The Bertz CT molecular complexity index is 1350. The average Bonchev–Trinajstić information content (AvgIpc) is 2.99. The Kier molecular flexibility index (Phi) is 9.79. The van der Waals surface area contributed by atoms with Crippen molar-refractivity contribution in [2.24, 2.45) is 0 Å². The van der Waals surface area contributed by atoms with E-state index in [2.05, 4.69) is 38.3 Å². The second kappa shape index (κ2) is 13.7. The summed E-state index contributed by atoms with van der Waals surface area (Å²) < 4.78 is 11.8. The Hall–Kier alpha value is -4.32. The van der Waals surface area contributed by atoms with Gasteiger partial charge in [-0.15, -0.1) is 0 Å². The molecule has 4 aromatic carbocycles. The van der Waals surface area contributed by atoms with Crippen LogP contribution in [0.1, 0.15) is 63.5 Å². The van der Waals surface area contributed by atoms with E-state index in [1.54, 1.807) is 0 Å². The molecule has 208 valence electrons. The number of anilines is 2. The van der Waals surface area contributed by atoms with E-state index in [9.17, 15) is 9.59 Å². The predicted octanol–water partition coefficient (Wildman–Crippen LogP) is 7.90. The first-order chi connectivity index (χ1) is 19.4. The molecule has 0 aliphatic rings. The Balaban J connectivity index is 1.42. The van der Waals surface area contributed by atoms with Crippen molar-refractivity contribution < 1.29 is 19.1 Å². The van der Waals surface area contributed by atoms with Crippen LogP contribution in [0.5, 0.6) is 11.5 Å². The number of carbonyl (C=O) groups excluding carboxylic acids is 2. The van der Waals surface area contributed by atoms with Gasteiger partial charge in [0.25, 0.3) is 11.8 Å². The maximum absolute atomic E-state index is 12.8. The summed E-state index contributed by atoms with van der Waals surface area (Å²) in [4.78, 5) is 25.7. The van der Waals surface area contributed by atoms with Gasteiger partial charge in [0.15, 0.2) is 13.2 Å². The Morgan fingerprint density at radius 2 is 1.00 bits per heavy atom. The van der Waals surface area contributed by atoms with Crippen LogP contribution in [0.25, 0.3) is 10.8 Å². The summed E-state index contributed by atoms with van der Waals surface area (Å²) in [5, 5.41) is 7.56. The van der Waals surface area contributed by atoms with Crippen LogP contribution in [-0.4, -0.2) is 25.0 Å². The lowest BCUT2D eigenvalue weighted by molar-refractivity contribution is -0.118. The highest BCUT2D eigenvalue weighted by Gasteiger charge is 2.15. The molecule has 0 aliphatic heterocycles. The molecule has 2 unspecified atom stereocenters. The third-order valence-corrected chi connectivity index (χ3v) is 7.31. The standard InChI is InChI=1S/C34H38N2O4/c1-5-23(3)25-13-7-9-19-31(25)39-21-33(37)35-29-17-11-16-28-27(29)15-12-18-30(28)36-34(38)22-40-32-20-10-8-14-26(32)24(4)6-2/h7-20,23-24H,5-6,21-22H2,1-4H3,(H,35,37)(H,36,38). The van der Waals surface area contributed by atoms with Crippen molar-refractivity contribution in [2.45, 2.75) is 52.4 Å². The fourth-order valence-corrected chi connectivity index (χ4v) is 4.67. The Labute approximate surface area is 236 Å². The molecule has 2 atom stereocenters. The minimum atomic E-state index is -0.255. The van der Waals surface area contributed by atoms with Crippen molar-refractivity contribution in [3.63, 3.8) is 0 Å². The number of hydrogen-bond acceptors (Lipinski definition) is 4. The zero-order valence-corrected chi connectivity index (χ0v) is 23.7. The van der Waals surface area contributed by atoms with E-state index in [0.29, 0.717) is 23.2 Å². The van der Waals surface area contributed by atoms with Gasteiger partial charge in [-0.05, 0) is 60.1 Å². The topological polar surface area (TPSA) is 76.7 Å². The van der Waals surface area contributed by atoms with E-state index in [-0.39, 0.29) is 25.0 Å². The molecule has 0 saturated heterocycles. The fourth-order valence-electron chi connectivity index (χ4n) is 4.67. The van der Waals surface area contributed by atoms with Crippen LogP contribution in [-0.2, 0) is 9.59 Å². The van der Waals surface area contributed by atoms with Gasteiger partial charge in [0.1, 0.15) is 11.5 Å². The molecule has 0 aromatic heterocycles. The van der Waals surface area contributed by atoms with Crippen molar-refractivity contribution in [3.8, 4) is 11.5 Å². The summed E-state index contributed by atoms with van der Waals surface area (Å²) in [6.07, 6.45) is 1.97. The number of fused-ring (bicyclic) bond motifs is 1. The summed E-state index contributed by atoms with van der Waals surface area (Å²) in [6.45, 7) is 8.35. The molecule has 0 radical (unpaired) electrons. The molecule has 40 heavy (non-hydrogen) atoms. The van der Waals surface area contributed by atoms with Crippen molar-refractivity contribution >= 4 is 34.0 Å². The first kappa shape index (κ1) is 28.7. The quantitative estimate of drug-likeness (QED) is 0.192. The summed E-state index contributed by atoms with van der Waals surface area (Å²) in [7, 11) is 0. The van der Waals surface area contributed by atoms with Crippen molar-refractivity contribution in [2.75, 3.05) is 23.8 Å². The van der Waals surface area contributed by atoms with Gasteiger partial charge < -0.3 is 20.1 Å². The second-order valence-corrected chi connectivity index (χ2v) is 10.1. The van der Waals surface area contributed by atoms with Crippen LogP contribution in [0.3, 0.4) is 0 Å². The zero-order valence-electron chi connectivity index (χ0n) is 23.7. The number of nitrogens with one attached hydrogen (secondary N) is 2. The van der Waals surface area contributed by atoms with Gasteiger partial charge in [-0.3, -0.25) is 9.59 Å². The maximum atomic E-state index is 12.8. The van der Waals surface area contributed by atoms with Gasteiger partial charge >= 0.3 is 0 Å². The molecule has 0 saturated carbocycles. The minimum Gasteiger partial charge on any atom is -0.483 e. The molecule has 0 fully saturated rings. The smallest absolute Gasteiger partial charge is 0.262 e. The summed E-state index contributed by atoms with van der Waals surface area (Å²) >= 11 is 0. The van der Waals surface area contributed by atoms with E-state index >= 15 is 0 Å². The number of benzene rings is 4. The van der Waals surface area contributed by atoms with Gasteiger partial charge in [-0.25, -0.2) is 0 Å². The van der Waals surface area contributed by atoms with Gasteiger partial charge in [0.05, 0.1) is 0 Å². The van der Waals surface area contributed by atoms with E-state index in [4.69, 9.17) is 9.47 Å². The number of ether oxygens (including phenoxy) is 2. The summed E-state index contributed by atoms with van der Waals surface area (Å²) in [5.41, 5.74) is 3.48. The average molecular weight is 539 g/mol. The number of hydrogen-bond donors (Lipinski definition) is 2. The first-order valence-electron chi connectivity index (χ1n) is 14.0. The van der Waals surface area contributed by atoms with Gasteiger partial charge in [-0.1, -0.05) is 88.4 Å². The third-order valence-electron chi connectivity index (χ3n) is 7.31. The second-order valence-electron chi connectivity index (χ2n) is 10.1. The zero-order chi connectivity index (χ0) is 28.5. The lowest BCUT2D eigenvalue weighted by Crippen LogP contribution is -2.21. The lowest BCUT2D eigenvalue weighted by atomic mass is 9.98. The van der Waals surface area contributed by atoms with Crippen LogP contribution < -0.4 is 20.1 Å². The molecule has 2 N–H and O–H groups in total. The molecule has 0 aliphatic carbocycles.